The smallest absolute Gasteiger partial charge is 0.234 e. The molecule has 2 aromatic carbocycles. The van der Waals surface area contributed by atoms with E-state index in [0.29, 0.717) is 16.7 Å². The molecular weight excluding hydrogens is 425 g/mol. The van der Waals surface area contributed by atoms with Crippen molar-refractivity contribution in [1.29, 1.82) is 0 Å². The Kier molecular flexibility index (Phi) is 7.47. The second kappa shape index (κ2) is 10.3. The molecular formula is C20H20FN5O2S2. The highest BCUT2D eigenvalue weighted by Crippen LogP contribution is 2.20. The van der Waals surface area contributed by atoms with Crippen molar-refractivity contribution in [1.82, 2.24) is 14.8 Å². The monoisotopic (exact) mass is 445 g/mol. The molecule has 10 heteroatoms. The lowest BCUT2D eigenvalue weighted by Crippen LogP contribution is -2.17. The van der Waals surface area contributed by atoms with Crippen LogP contribution >= 0.6 is 23.5 Å². The van der Waals surface area contributed by atoms with E-state index >= 15 is 0 Å². The maximum Gasteiger partial charge on any atom is 0.234 e. The van der Waals surface area contributed by atoms with Crippen LogP contribution in [0.5, 0.6) is 0 Å². The summed E-state index contributed by atoms with van der Waals surface area (Å²) in [6.07, 6.45) is 1.98. The summed E-state index contributed by atoms with van der Waals surface area (Å²) in [7, 11) is 1.74. The van der Waals surface area contributed by atoms with Gasteiger partial charge in [0.2, 0.25) is 11.8 Å². The van der Waals surface area contributed by atoms with E-state index < -0.39 is 0 Å². The molecule has 0 atom stereocenters. The lowest BCUT2D eigenvalue weighted by molar-refractivity contribution is -0.116. The first-order valence-electron chi connectivity index (χ1n) is 8.95. The summed E-state index contributed by atoms with van der Waals surface area (Å²) in [5.41, 5.74) is 1.24. The van der Waals surface area contributed by atoms with E-state index in [2.05, 4.69) is 20.8 Å². The highest BCUT2D eigenvalue weighted by Gasteiger charge is 2.15. The molecule has 0 aliphatic carbocycles. The van der Waals surface area contributed by atoms with Crippen molar-refractivity contribution < 1.29 is 14.0 Å². The summed E-state index contributed by atoms with van der Waals surface area (Å²) in [5, 5.41) is 14.2. The molecule has 2 amide bonds. The summed E-state index contributed by atoms with van der Waals surface area (Å²) in [6.45, 7) is 0. The topological polar surface area (TPSA) is 88.9 Å². The van der Waals surface area contributed by atoms with E-state index in [1.54, 1.807) is 23.4 Å². The minimum absolute atomic E-state index is 0.00904. The van der Waals surface area contributed by atoms with Gasteiger partial charge in [0.25, 0.3) is 0 Å². The van der Waals surface area contributed by atoms with Gasteiger partial charge in [-0.15, -0.1) is 22.0 Å². The summed E-state index contributed by atoms with van der Waals surface area (Å²) in [6, 6.07) is 13.1. The molecule has 0 bridgehead atoms. The van der Waals surface area contributed by atoms with Crippen molar-refractivity contribution in [2.45, 2.75) is 16.5 Å². The quantitative estimate of drug-likeness (QED) is 0.515. The molecule has 0 spiro atoms. The van der Waals surface area contributed by atoms with Crippen molar-refractivity contribution in [3.63, 3.8) is 0 Å². The van der Waals surface area contributed by atoms with Crippen LogP contribution in [0.3, 0.4) is 0 Å². The standard InChI is InChI=1S/C20H20FN5O2S2/c1-26-17(11-18(27)22-14-8-6-13(21)7-9-14)24-25-20(26)30-12-19(28)23-15-4-3-5-16(10-15)29-2/h3-10H,11-12H2,1-2H3,(H,22,27)(H,23,28). The molecule has 30 heavy (non-hydrogen) atoms. The zero-order chi connectivity index (χ0) is 21.5. The van der Waals surface area contributed by atoms with E-state index in [1.807, 2.05) is 30.5 Å². The number of carbonyl (C=O) groups is 2. The van der Waals surface area contributed by atoms with Crippen LogP contribution in [0.25, 0.3) is 0 Å². The van der Waals surface area contributed by atoms with Gasteiger partial charge in [0.15, 0.2) is 5.16 Å². The number of hydrogen-bond acceptors (Lipinski definition) is 6. The van der Waals surface area contributed by atoms with Crippen molar-refractivity contribution >= 4 is 46.7 Å². The highest BCUT2D eigenvalue weighted by molar-refractivity contribution is 7.99. The van der Waals surface area contributed by atoms with Crippen LogP contribution in [-0.2, 0) is 23.1 Å². The lowest BCUT2D eigenvalue weighted by Gasteiger charge is -2.07. The van der Waals surface area contributed by atoms with Gasteiger partial charge >= 0.3 is 0 Å². The average Bonchev–Trinajstić information content (AvgIpc) is 3.07. The second-order valence-electron chi connectivity index (χ2n) is 6.26. The first-order chi connectivity index (χ1) is 14.4. The van der Waals surface area contributed by atoms with Crippen LogP contribution < -0.4 is 10.6 Å². The molecule has 0 fully saturated rings. The SMILES string of the molecule is CSc1cccc(NC(=O)CSc2nnc(CC(=O)Nc3ccc(F)cc3)n2C)c1. The van der Waals surface area contributed by atoms with Crippen molar-refractivity contribution in [3.05, 3.63) is 60.2 Å². The third kappa shape index (κ3) is 6.07. The van der Waals surface area contributed by atoms with E-state index in [9.17, 15) is 14.0 Å². The Labute approximate surface area is 181 Å². The fourth-order valence-electron chi connectivity index (χ4n) is 2.53. The number of hydrogen-bond donors (Lipinski definition) is 2. The van der Waals surface area contributed by atoms with Gasteiger partial charge in [-0.1, -0.05) is 17.8 Å². The third-order valence-corrected chi connectivity index (χ3v) is 5.80. The molecule has 0 aliphatic rings. The molecule has 2 N–H and O–H groups in total. The Bertz CT molecular complexity index is 1040. The summed E-state index contributed by atoms with van der Waals surface area (Å²) in [4.78, 5) is 25.5. The van der Waals surface area contributed by atoms with Gasteiger partial charge in [-0.3, -0.25) is 9.59 Å². The summed E-state index contributed by atoms with van der Waals surface area (Å²) in [5.74, 6) is -0.192. The molecule has 3 aromatic rings. The third-order valence-electron chi connectivity index (χ3n) is 4.06. The number of nitrogens with one attached hydrogen (secondary N) is 2. The van der Waals surface area contributed by atoms with E-state index in [-0.39, 0.29) is 29.8 Å². The van der Waals surface area contributed by atoms with Crippen molar-refractivity contribution in [2.24, 2.45) is 7.05 Å². The number of anilines is 2. The van der Waals surface area contributed by atoms with Crippen LogP contribution in [0.2, 0.25) is 0 Å². The number of benzene rings is 2. The number of halogens is 1. The van der Waals surface area contributed by atoms with Crippen LogP contribution in [0.4, 0.5) is 15.8 Å². The minimum Gasteiger partial charge on any atom is -0.326 e. The Balaban J connectivity index is 1.52. The second-order valence-corrected chi connectivity index (χ2v) is 8.08. The molecule has 1 heterocycles. The molecule has 3 rings (SSSR count). The maximum absolute atomic E-state index is 12.9. The van der Waals surface area contributed by atoms with Gasteiger partial charge in [-0.05, 0) is 48.7 Å². The van der Waals surface area contributed by atoms with Crippen molar-refractivity contribution in [3.8, 4) is 0 Å². The maximum atomic E-state index is 12.9. The highest BCUT2D eigenvalue weighted by atomic mass is 32.2. The number of carbonyl (C=O) groups excluding carboxylic acids is 2. The normalized spacial score (nSPS) is 10.6. The molecule has 0 saturated carbocycles. The Morgan fingerprint density at radius 3 is 2.50 bits per heavy atom. The predicted octanol–water partition coefficient (Wildman–Crippen LogP) is 3.59. The molecule has 156 valence electrons. The van der Waals surface area contributed by atoms with E-state index in [4.69, 9.17) is 0 Å². The van der Waals surface area contributed by atoms with Crippen LogP contribution in [0.15, 0.2) is 58.6 Å². The molecule has 0 unspecified atom stereocenters. The summed E-state index contributed by atoms with van der Waals surface area (Å²) >= 11 is 2.84. The van der Waals surface area contributed by atoms with E-state index in [0.717, 1.165) is 10.6 Å². The zero-order valence-corrected chi connectivity index (χ0v) is 18.0. The average molecular weight is 446 g/mol. The fraction of sp³-hybridized carbons (Fsp3) is 0.200. The molecule has 0 aliphatic heterocycles. The lowest BCUT2D eigenvalue weighted by atomic mass is 10.3. The van der Waals surface area contributed by atoms with Crippen LogP contribution in [0.1, 0.15) is 5.82 Å². The number of amides is 2. The van der Waals surface area contributed by atoms with Crippen LogP contribution in [-0.4, -0.2) is 38.6 Å². The molecule has 0 radical (unpaired) electrons. The Hall–Kier alpha value is -2.85. The number of thioether (sulfide) groups is 2. The Morgan fingerprint density at radius 1 is 1.03 bits per heavy atom. The predicted molar refractivity (Wildman–Crippen MR) is 117 cm³/mol. The molecule has 7 nitrogen and oxygen atoms in total. The van der Waals surface area contributed by atoms with Gasteiger partial charge in [0.1, 0.15) is 11.6 Å². The van der Waals surface area contributed by atoms with Gasteiger partial charge in [-0.2, -0.15) is 0 Å². The fourth-order valence-corrected chi connectivity index (χ4v) is 3.72. The van der Waals surface area contributed by atoms with Gasteiger partial charge in [0.05, 0.1) is 12.2 Å². The number of nitrogens with zero attached hydrogens (tertiary/aromatic N) is 3. The number of rotatable bonds is 8. The number of aromatic nitrogens is 3. The minimum atomic E-state index is -0.371. The largest absolute Gasteiger partial charge is 0.326 e. The molecule has 0 saturated heterocycles. The summed E-state index contributed by atoms with van der Waals surface area (Å²) < 4.78 is 14.6. The van der Waals surface area contributed by atoms with Gasteiger partial charge in [0, 0.05) is 23.3 Å². The van der Waals surface area contributed by atoms with E-state index in [1.165, 1.54) is 36.0 Å². The Morgan fingerprint density at radius 2 is 1.77 bits per heavy atom. The van der Waals surface area contributed by atoms with Crippen LogP contribution in [0, 0.1) is 5.82 Å². The first-order valence-corrected chi connectivity index (χ1v) is 11.2. The first kappa shape index (κ1) is 21.8. The zero-order valence-electron chi connectivity index (χ0n) is 16.4. The van der Waals surface area contributed by atoms with Gasteiger partial charge in [-0.25, -0.2) is 4.39 Å². The molecule has 1 aromatic heterocycles. The van der Waals surface area contributed by atoms with Gasteiger partial charge < -0.3 is 15.2 Å². The van der Waals surface area contributed by atoms with Crippen molar-refractivity contribution in [2.75, 3.05) is 22.6 Å².